The zero-order valence-corrected chi connectivity index (χ0v) is 12.5. The summed E-state index contributed by atoms with van der Waals surface area (Å²) in [5.41, 5.74) is -0.200. The molecule has 0 aliphatic heterocycles. The van der Waals surface area contributed by atoms with Gasteiger partial charge in [0.05, 0.1) is 11.8 Å². The van der Waals surface area contributed by atoms with Crippen LogP contribution in [0, 0.1) is 0 Å². The Balaban J connectivity index is 2.27. The highest BCUT2D eigenvalue weighted by Crippen LogP contribution is 2.07. The first-order chi connectivity index (χ1) is 11.3. The monoisotopic (exact) mass is 334 g/mol. The Morgan fingerprint density at radius 1 is 1.25 bits per heavy atom. The second kappa shape index (κ2) is 6.86. The number of carboxylic acid groups (broad SMARTS) is 2. The molecule has 2 rings (SSSR count). The van der Waals surface area contributed by atoms with Crippen molar-refractivity contribution in [2.45, 2.75) is 25.4 Å². The fourth-order valence-corrected chi connectivity index (χ4v) is 2.03. The van der Waals surface area contributed by atoms with Crippen LogP contribution in [-0.2, 0) is 14.4 Å². The number of benzene rings is 1. The third kappa shape index (κ3) is 3.54. The number of carboxylic acids is 2. The van der Waals surface area contributed by atoms with E-state index >= 15 is 0 Å². The van der Waals surface area contributed by atoms with Crippen molar-refractivity contribution in [2.24, 2.45) is 0 Å². The van der Waals surface area contributed by atoms with Crippen LogP contribution >= 0.6 is 0 Å². The van der Waals surface area contributed by atoms with Crippen molar-refractivity contribution in [2.75, 3.05) is 0 Å². The molecule has 10 nitrogen and oxygen atoms in total. The third-order valence-electron chi connectivity index (χ3n) is 3.33. The normalized spacial score (nSPS) is 13.2. The van der Waals surface area contributed by atoms with E-state index in [-0.39, 0.29) is 5.39 Å². The molecule has 0 fully saturated rings. The maximum Gasteiger partial charge on any atom is 0.326 e. The molecule has 126 valence electrons. The lowest BCUT2D eigenvalue weighted by molar-refractivity contribution is -0.147. The van der Waals surface area contributed by atoms with Gasteiger partial charge in [0, 0.05) is 0 Å². The Labute approximate surface area is 134 Å². The lowest BCUT2D eigenvalue weighted by Crippen LogP contribution is -2.46. The third-order valence-corrected chi connectivity index (χ3v) is 3.33. The summed E-state index contributed by atoms with van der Waals surface area (Å²) < 4.78 is 0.817. The molecule has 0 saturated carbocycles. The number of nitrogens with one attached hydrogen (secondary N) is 1. The summed E-state index contributed by atoms with van der Waals surface area (Å²) >= 11 is 0. The first-order valence-electron chi connectivity index (χ1n) is 6.90. The molecule has 0 saturated heterocycles. The molecule has 0 radical (unpaired) electrons. The quantitative estimate of drug-likeness (QED) is 0.633. The van der Waals surface area contributed by atoms with Crippen LogP contribution in [0.25, 0.3) is 10.9 Å². The fraction of sp³-hybridized carbons (Fsp3) is 0.286. The molecule has 10 heteroatoms. The first kappa shape index (κ1) is 17.1. The largest absolute Gasteiger partial charge is 0.481 e. The summed E-state index contributed by atoms with van der Waals surface area (Å²) in [7, 11) is 0. The highest BCUT2D eigenvalue weighted by Gasteiger charge is 2.27. The molecular formula is C14H14N4O6. The lowest BCUT2D eigenvalue weighted by atomic mass is 10.2. The molecule has 1 aromatic heterocycles. The van der Waals surface area contributed by atoms with Crippen LogP contribution in [0.2, 0.25) is 0 Å². The van der Waals surface area contributed by atoms with E-state index in [9.17, 15) is 19.2 Å². The zero-order valence-electron chi connectivity index (χ0n) is 12.5. The van der Waals surface area contributed by atoms with Gasteiger partial charge >= 0.3 is 11.9 Å². The Bertz CT molecular complexity index is 862. The van der Waals surface area contributed by atoms with Crippen molar-refractivity contribution in [1.82, 2.24) is 20.3 Å². The van der Waals surface area contributed by atoms with Crippen LogP contribution in [0.1, 0.15) is 19.4 Å². The van der Waals surface area contributed by atoms with E-state index in [1.165, 1.54) is 13.0 Å². The summed E-state index contributed by atoms with van der Waals surface area (Å²) in [5, 5.41) is 27.4. The second-order valence-corrected chi connectivity index (χ2v) is 5.03. The van der Waals surface area contributed by atoms with E-state index in [1.54, 1.807) is 18.2 Å². The number of fused-ring (bicyclic) bond motifs is 1. The number of rotatable bonds is 6. The van der Waals surface area contributed by atoms with Crippen molar-refractivity contribution < 1.29 is 24.6 Å². The number of carbonyl (C=O) groups is 3. The van der Waals surface area contributed by atoms with Crippen molar-refractivity contribution in [3.05, 3.63) is 34.6 Å². The van der Waals surface area contributed by atoms with Gasteiger partial charge in [-0.25, -0.2) is 4.79 Å². The van der Waals surface area contributed by atoms with E-state index < -0.39 is 41.9 Å². The van der Waals surface area contributed by atoms with Crippen LogP contribution in [0.4, 0.5) is 0 Å². The van der Waals surface area contributed by atoms with Gasteiger partial charge in [-0.15, -0.1) is 5.10 Å². The minimum atomic E-state index is -1.61. The van der Waals surface area contributed by atoms with E-state index in [0.717, 1.165) is 4.68 Å². The van der Waals surface area contributed by atoms with Crippen LogP contribution in [0.15, 0.2) is 29.1 Å². The highest BCUT2D eigenvalue weighted by atomic mass is 16.4. The molecule has 24 heavy (non-hydrogen) atoms. The average Bonchev–Trinajstić information content (AvgIpc) is 2.53. The van der Waals surface area contributed by atoms with Crippen molar-refractivity contribution >= 4 is 28.7 Å². The fourth-order valence-electron chi connectivity index (χ4n) is 2.03. The molecule has 1 amide bonds. The molecule has 1 heterocycles. The Kier molecular flexibility index (Phi) is 4.87. The molecule has 0 bridgehead atoms. The average molecular weight is 334 g/mol. The van der Waals surface area contributed by atoms with Crippen molar-refractivity contribution in [3.63, 3.8) is 0 Å². The minimum absolute atomic E-state index is 0.257. The Morgan fingerprint density at radius 2 is 1.92 bits per heavy atom. The number of carbonyl (C=O) groups excluding carboxylic acids is 1. The van der Waals surface area contributed by atoms with Gasteiger partial charge in [0.25, 0.3) is 5.56 Å². The zero-order chi connectivity index (χ0) is 17.9. The van der Waals surface area contributed by atoms with Gasteiger partial charge in [-0.1, -0.05) is 17.3 Å². The number of aliphatic carboxylic acids is 2. The van der Waals surface area contributed by atoms with Crippen LogP contribution < -0.4 is 10.9 Å². The maximum absolute atomic E-state index is 12.3. The SMILES string of the molecule is CC(C(=O)NC(CC(=O)O)C(=O)O)n1nnc2ccccc2c1=O. The molecular weight excluding hydrogens is 320 g/mol. The van der Waals surface area contributed by atoms with Gasteiger partial charge in [0.1, 0.15) is 17.6 Å². The number of hydrogen-bond acceptors (Lipinski definition) is 6. The predicted octanol–water partition coefficient (Wildman–Crippen LogP) is -0.603. The lowest BCUT2D eigenvalue weighted by Gasteiger charge is -2.17. The van der Waals surface area contributed by atoms with Crippen LogP contribution in [-0.4, -0.2) is 49.1 Å². The Morgan fingerprint density at radius 3 is 2.54 bits per heavy atom. The number of aromatic nitrogens is 3. The maximum atomic E-state index is 12.3. The molecule has 1 aromatic carbocycles. The van der Waals surface area contributed by atoms with E-state index in [2.05, 4.69) is 15.6 Å². The first-order valence-corrected chi connectivity index (χ1v) is 6.90. The van der Waals surface area contributed by atoms with Crippen LogP contribution in [0.5, 0.6) is 0 Å². The molecule has 2 aromatic rings. The highest BCUT2D eigenvalue weighted by molar-refractivity contribution is 5.88. The van der Waals surface area contributed by atoms with Gasteiger partial charge in [-0.2, -0.15) is 4.68 Å². The molecule has 2 unspecified atom stereocenters. The number of amides is 1. The summed E-state index contributed by atoms with van der Waals surface area (Å²) in [6.07, 6.45) is -0.786. The topological polar surface area (TPSA) is 151 Å². The predicted molar refractivity (Wildman–Crippen MR) is 80.3 cm³/mol. The second-order valence-electron chi connectivity index (χ2n) is 5.03. The molecule has 2 atom stereocenters. The van der Waals surface area contributed by atoms with E-state index in [0.29, 0.717) is 5.52 Å². The van der Waals surface area contributed by atoms with Crippen molar-refractivity contribution in [1.29, 1.82) is 0 Å². The molecule has 3 N–H and O–H groups in total. The molecule has 0 aliphatic carbocycles. The molecule has 0 aliphatic rings. The van der Waals surface area contributed by atoms with Crippen molar-refractivity contribution in [3.8, 4) is 0 Å². The van der Waals surface area contributed by atoms with Gasteiger partial charge in [-0.3, -0.25) is 14.4 Å². The molecule has 0 spiro atoms. The number of nitrogens with zero attached hydrogens (tertiary/aromatic N) is 3. The Hall–Kier alpha value is -3.30. The number of hydrogen-bond donors (Lipinski definition) is 3. The smallest absolute Gasteiger partial charge is 0.326 e. The van der Waals surface area contributed by atoms with E-state index in [4.69, 9.17) is 10.2 Å². The minimum Gasteiger partial charge on any atom is -0.481 e. The van der Waals surface area contributed by atoms with Gasteiger partial charge in [0.2, 0.25) is 5.91 Å². The van der Waals surface area contributed by atoms with Gasteiger partial charge < -0.3 is 15.5 Å². The summed E-state index contributed by atoms with van der Waals surface area (Å²) in [5.74, 6) is -3.72. The summed E-state index contributed by atoms with van der Waals surface area (Å²) in [4.78, 5) is 46.1. The van der Waals surface area contributed by atoms with Crippen LogP contribution in [0.3, 0.4) is 0 Å². The summed E-state index contributed by atoms with van der Waals surface area (Å²) in [6.45, 7) is 1.33. The van der Waals surface area contributed by atoms with Gasteiger partial charge in [0.15, 0.2) is 0 Å². The van der Waals surface area contributed by atoms with E-state index in [1.807, 2.05) is 0 Å². The van der Waals surface area contributed by atoms with Gasteiger partial charge in [-0.05, 0) is 19.1 Å². The summed E-state index contributed by atoms with van der Waals surface area (Å²) in [6, 6.07) is 3.66. The standard InChI is InChI=1S/C14H14N4O6/c1-7(12(21)15-10(14(23)24)6-11(19)20)18-13(22)8-4-2-3-5-9(8)16-17-18/h2-5,7,10H,6H2,1H3,(H,15,21)(H,19,20)(H,23,24).